The lowest BCUT2D eigenvalue weighted by molar-refractivity contribution is 0.0926. The smallest absolute Gasteiger partial charge is 0.268 e. The van der Waals surface area contributed by atoms with Gasteiger partial charge in [0.2, 0.25) is 0 Å². The summed E-state index contributed by atoms with van der Waals surface area (Å²) in [7, 11) is 0. The molecule has 0 bridgehead atoms. The average Bonchev–Trinajstić information content (AvgIpc) is 3.50. The van der Waals surface area contributed by atoms with E-state index < -0.39 is 5.91 Å². The zero-order valence-corrected chi connectivity index (χ0v) is 22.2. The molecule has 1 saturated heterocycles. The van der Waals surface area contributed by atoms with Gasteiger partial charge in [-0.1, -0.05) is 42.5 Å². The number of nitrogens with zero attached hydrogens (tertiary/aromatic N) is 4. The SMILES string of the molecule is Nc1cccc2c1C(=O)N(c1cc(CN3CCN(CCCO)CC3)ccc1/C=C/c1n[nH]c3ccccc13)C2=O. The fourth-order valence-electron chi connectivity index (χ4n) is 5.56. The standard InChI is InChI=1S/C31H32N6O3/c32-25-7-3-6-24-29(25)31(40)37(30(24)39)28-19-21(20-36-16-14-35(15-17-36)13-4-18-38)9-10-22(28)11-12-27-23-5-1-2-8-26(23)33-34-27/h1-3,5-12,19,38H,4,13-18,20,32H2,(H,33,34)/b12-11+. The molecular formula is C31H32N6O3. The predicted octanol–water partition coefficient (Wildman–Crippen LogP) is 3.62. The molecule has 204 valence electrons. The summed E-state index contributed by atoms with van der Waals surface area (Å²) in [5, 5.41) is 17.6. The molecule has 1 aromatic heterocycles. The van der Waals surface area contributed by atoms with Gasteiger partial charge < -0.3 is 15.7 Å². The van der Waals surface area contributed by atoms with Gasteiger partial charge >= 0.3 is 0 Å². The summed E-state index contributed by atoms with van der Waals surface area (Å²) in [4.78, 5) is 33.1. The van der Waals surface area contributed by atoms with Crippen molar-refractivity contribution in [2.75, 3.05) is 50.0 Å². The lowest BCUT2D eigenvalue weighted by atomic mass is 10.1. The molecule has 0 spiro atoms. The van der Waals surface area contributed by atoms with Gasteiger partial charge in [-0.15, -0.1) is 0 Å². The molecule has 3 aromatic carbocycles. The van der Waals surface area contributed by atoms with Crippen molar-refractivity contribution in [1.29, 1.82) is 0 Å². The number of piperazine rings is 1. The minimum Gasteiger partial charge on any atom is -0.398 e. The summed E-state index contributed by atoms with van der Waals surface area (Å²) >= 11 is 0. The zero-order valence-electron chi connectivity index (χ0n) is 22.2. The van der Waals surface area contributed by atoms with E-state index in [-0.39, 0.29) is 18.1 Å². The Labute approximate surface area is 232 Å². The van der Waals surface area contributed by atoms with E-state index in [2.05, 4.69) is 26.1 Å². The summed E-state index contributed by atoms with van der Waals surface area (Å²) in [5.74, 6) is -0.783. The number of aromatic amines is 1. The number of fused-ring (bicyclic) bond motifs is 2. The number of nitrogens with two attached hydrogens (primary N) is 1. The van der Waals surface area contributed by atoms with Crippen LogP contribution in [-0.4, -0.2) is 76.2 Å². The largest absolute Gasteiger partial charge is 0.398 e. The molecule has 3 heterocycles. The molecule has 0 atom stereocenters. The van der Waals surface area contributed by atoms with Gasteiger partial charge in [0.15, 0.2) is 0 Å². The molecule has 2 amide bonds. The number of aliphatic hydroxyl groups excluding tert-OH is 1. The maximum atomic E-state index is 13.6. The number of hydrogen-bond donors (Lipinski definition) is 3. The molecule has 0 aliphatic carbocycles. The molecule has 1 fully saturated rings. The number of benzene rings is 3. The van der Waals surface area contributed by atoms with Crippen LogP contribution >= 0.6 is 0 Å². The molecule has 4 N–H and O–H groups in total. The first kappa shape index (κ1) is 25.9. The number of rotatable bonds is 8. The summed E-state index contributed by atoms with van der Waals surface area (Å²) in [5.41, 5.74) is 11.0. The van der Waals surface area contributed by atoms with Gasteiger partial charge in [0.1, 0.15) is 0 Å². The number of amides is 2. The van der Waals surface area contributed by atoms with E-state index >= 15 is 0 Å². The van der Waals surface area contributed by atoms with Gasteiger partial charge in [-0.2, -0.15) is 5.10 Å². The first-order chi connectivity index (χ1) is 19.5. The second-order valence-corrected chi connectivity index (χ2v) is 10.3. The Morgan fingerprint density at radius 3 is 2.52 bits per heavy atom. The number of aliphatic hydroxyl groups is 1. The number of aromatic nitrogens is 2. The molecule has 0 radical (unpaired) electrons. The van der Waals surface area contributed by atoms with Crippen molar-refractivity contribution in [3.8, 4) is 0 Å². The molecule has 0 saturated carbocycles. The van der Waals surface area contributed by atoms with Crippen LogP contribution in [0.3, 0.4) is 0 Å². The molecular weight excluding hydrogens is 504 g/mol. The minimum absolute atomic E-state index is 0.212. The second-order valence-electron chi connectivity index (χ2n) is 10.3. The monoisotopic (exact) mass is 536 g/mol. The number of H-pyrrole nitrogens is 1. The molecule has 0 unspecified atom stereocenters. The molecule has 2 aliphatic rings. The van der Waals surface area contributed by atoms with Crippen molar-refractivity contribution in [1.82, 2.24) is 20.0 Å². The van der Waals surface area contributed by atoms with Crippen molar-refractivity contribution in [2.45, 2.75) is 13.0 Å². The summed E-state index contributed by atoms with van der Waals surface area (Å²) in [6.07, 6.45) is 4.58. The number of carbonyl (C=O) groups is 2. The number of imide groups is 1. The Hall–Kier alpha value is -4.31. The van der Waals surface area contributed by atoms with E-state index in [4.69, 9.17) is 10.8 Å². The van der Waals surface area contributed by atoms with Crippen molar-refractivity contribution < 1.29 is 14.7 Å². The van der Waals surface area contributed by atoms with Crippen molar-refractivity contribution in [2.24, 2.45) is 0 Å². The van der Waals surface area contributed by atoms with Crippen molar-refractivity contribution >= 4 is 46.2 Å². The van der Waals surface area contributed by atoms with Gasteiger partial charge in [-0.3, -0.25) is 19.6 Å². The lowest BCUT2D eigenvalue weighted by Crippen LogP contribution is -2.46. The summed E-state index contributed by atoms with van der Waals surface area (Å²) < 4.78 is 0. The van der Waals surface area contributed by atoms with Crippen LogP contribution in [0.25, 0.3) is 23.1 Å². The molecule has 2 aliphatic heterocycles. The Bertz CT molecular complexity index is 1600. The van der Waals surface area contributed by atoms with Crippen LogP contribution in [0.4, 0.5) is 11.4 Å². The quantitative estimate of drug-likeness (QED) is 0.233. The molecule has 9 nitrogen and oxygen atoms in total. The Balaban J connectivity index is 1.32. The van der Waals surface area contributed by atoms with E-state index in [1.54, 1.807) is 18.2 Å². The average molecular weight is 537 g/mol. The van der Waals surface area contributed by atoms with Crippen LogP contribution in [-0.2, 0) is 6.54 Å². The maximum absolute atomic E-state index is 13.6. The predicted molar refractivity (Wildman–Crippen MR) is 157 cm³/mol. The fraction of sp³-hybridized carbons (Fsp3) is 0.258. The fourth-order valence-corrected chi connectivity index (χ4v) is 5.56. The van der Waals surface area contributed by atoms with Gasteiger partial charge in [-0.05, 0) is 47.9 Å². The van der Waals surface area contributed by atoms with E-state index in [0.29, 0.717) is 23.5 Å². The summed E-state index contributed by atoms with van der Waals surface area (Å²) in [6, 6.07) is 18.8. The lowest BCUT2D eigenvalue weighted by Gasteiger charge is -2.34. The Morgan fingerprint density at radius 2 is 1.73 bits per heavy atom. The first-order valence-electron chi connectivity index (χ1n) is 13.6. The van der Waals surface area contributed by atoms with E-state index in [1.165, 1.54) is 4.90 Å². The number of anilines is 2. The van der Waals surface area contributed by atoms with E-state index in [1.807, 2.05) is 48.6 Å². The second kappa shape index (κ2) is 11.1. The van der Waals surface area contributed by atoms with Crippen LogP contribution in [0.2, 0.25) is 0 Å². The van der Waals surface area contributed by atoms with E-state index in [0.717, 1.165) is 66.9 Å². The minimum atomic E-state index is -0.410. The van der Waals surface area contributed by atoms with Crippen molar-refractivity contribution in [3.63, 3.8) is 0 Å². The first-order valence-corrected chi connectivity index (χ1v) is 13.6. The molecule has 4 aromatic rings. The Kier molecular flexibility index (Phi) is 7.17. The van der Waals surface area contributed by atoms with Crippen LogP contribution in [0.5, 0.6) is 0 Å². The topological polar surface area (TPSA) is 119 Å². The molecule has 40 heavy (non-hydrogen) atoms. The third-order valence-corrected chi connectivity index (χ3v) is 7.71. The summed E-state index contributed by atoms with van der Waals surface area (Å²) in [6.45, 7) is 5.55. The highest BCUT2D eigenvalue weighted by Crippen LogP contribution is 2.35. The maximum Gasteiger partial charge on any atom is 0.268 e. The van der Waals surface area contributed by atoms with Crippen LogP contribution in [0.1, 0.15) is 44.0 Å². The third kappa shape index (κ3) is 4.90. The van der Waals surface area contributed by atoms with Crippen LogP contribution in [0, 0.1) is 0 Å². The molecule has 9 heteroatoms. The van der Waals surface area contributed by atoms with E-state index in [9.17, 15) is 9.59 Å². The number of carbonyl (C=O) groups excluding carboxylic acids is 2. The number of hydrogen-bond acceptors (Lipinski definition) is 7. The number of para-hydroxylation sites is 1. The highest BCUT2D eigenvalue weighted by molar-refractivity contribution is 6.36. The molecule has 6 rings (SSSR count). The van der Waals surface area contributed by atoms with Gasteiger partial charge in [0.25, 0.3) is 11.8 Å². The Morgan fingerprint density at radius 1 is 0.925 bits per heavy atom. The van der Waals surface area contributed by atoms with Gasteiger partial charge in [0.05, 0.1) is 28.0 Å². The zero-order chi connectivity index (χ0) is 27.6. The van der Waals surface area contributed by atoms with Crippen LogP contribution in [0.15, 0.2) is 60.7 Å². The third-order valence-electron chi connectivity index (χ3n) is 7.71. The highest BCUT2D eigenvalue weighted by Gasteiger charge is 2.39. The highest BCUT2D eigenvalue weighted by atomic mass is 16.3. The van der Waals surface area contributed by atoms with Crippen LogP contribution < -0.4 is 10.6 Å². The van der Waals surface area contributed by atoms with Gasteiger partial charge in [-0.25, -0.2) is 4.90 Å². The number of nitrogen functional groups attached to an aromatic ring is 1. The normalized spacial score (nSPS) is 16.5. The van der Waals surface area contributed by atoms with Gasteiger partial charge in [0, 0.05) is 56.9 Å². The van der Waals surface area contributed by atoms with Crippen molar-refractivity contribution in [3.05, 3.63) is 88.6 Å². The number of nitrogens with one attached hydrogen (secondary N) is 1.